The highest BCUT2D eigenvalue weighted by Gasteiger charge is 2.27. The molecule has 4 atom stereocenters. The first kappa shape index (κ1) is 27.6. The summed E-state index contributed by atoms with van der Waals surface area (Å²) in [7, 11) is 0. The lowest BCUT2D eigenvalue weighted by molar-refractivity contribution is -0.142. The SMILES string of the molecule is C[C@H](NC(=O)[C@H](CCC(N)=O)NC(=O)[C@H](C)NC(=O)[C@@H](N)CCCN=C(N)N)C(=O)O. The van der Waals surface area contributed by atoms with Gasteiger partial charge in [0.05, 0.1) is 6.04 Å². The number of carboxylic acid groups (broad SMARTS) is 1. The van der Waals surface area contributed by atoms with E-state index in [1.54, 1.807) is 0 Å². The van der Waals surface area contributed by atoms with Crippen LogP contribution < -0.4 is 38.9 Å². The van der Waals surface area contributed by atoms with Gasteiger partial charge in [0.15, 0.2) is 5.96 Å². The number of aliphatic imine (C=N–C) groups is 1. The molecule has 0 fully saturated rings. The Kier molecular flexibility index (Phi) is 12.2. The van der Waals surface area contributed by atoms with Crippen LogP contribution in [0.25, 0.3) is 0 Å². The third-order valence-corrected chi connectivity index (χ3v) is 4.10. The number of hydrogen-bond acceptors (Lipinski definition) is 7. The molecule has 0 unspecified atom stereocenters. The molecule has 12 N–H and O–H groups in total. The van der Waals surface area contributed by atoms with Gasteiger partial charge in [0.2, 0.25) is 23.6 Å². The lowest BCUT2D eigenvalue weighted by Crippen LogP contribution is -2.56. The second kappa shape index (κ2) is 13.7. The van der Waals surface area contributed by atoms with E-state index in [4.69, 9.17) is 28.0 Å². The monoisotopic (exact) mass is 444 g/mol. The number of nitrogens with two attached hydrogens (primary N) is 4. The zero-order valence-corrected chi connectivity index (χ0v) is 17.6. The van der Waals surface area contributed by atoms with Crippen LogP contribution in [-0.2, 0) is 24.0 Å². The van der Waals surface area contributed by atoms with E-state index in [1.165, 1.54) is 13.8 Å². The first-order chi connectivity index (χ1) is 14.3. The first-order valence-corrected chi connectivity index (χ1v) is 9.58. The minimum absolute atomic E-state index is 0.0732. The van der Waals surface area contributed by atoms with Crippen LogP contribution in [0, 0.1) is 0 Å². The predicted octanol–water partition coefficient (Wildman–Crippen LogP) is -3.79. The van der Waals surface area contributed by atoms with E-state index in [2.05, 4.69) is 20.9 Å². The normalized spacial score (nSPS) is 14.3. The zero-order valence-electron chi connectivity index (χ0n) is 17.6. The van der Waals surface area contributed by atoms with E-state index in [-0.39, 0.29) is 25.2 Å². The van der Waals surface area contributed by atoms with Crippen LogP contribution in [0.2, 0.25) is 0 Å². The maximum Gasteiger partial charge on any atom is 0.325 e. The third-order valence-electron chi connectivity index (χ3n) is 4.10. The van der Waals surface area contributed by atoms with Crippen LogP contribution >= 0.6 is 0 Å². The Morgan fingerprint density at radius 2 is 1.45 bits per heavy atom. The second-order valence-corrected chi connectivity index (χ2v) is 6.92. The van der Waals surface area contributed by atoms with Gasteiger partial charge in [0.25, 0.3) is 0 Å². The largest absolute Gasteiger partial charge is 0.480 e. The van der Waals surface area contributed by atoms with Crippen molar-refractivity contribution in [3.8, 4) is 0 Å². The highest BCUT2D eigenvalue weighted by atomic mass is 16.4. The number of guanidine groups is 1. The van der Waals surface area contributed by atoms with Gasteiger partial charge in [-0.1, -0.05) is 0 Å². The van der Waals surface area contributed by atoms with Crippen molar-refractivity contribution >= 4 is 35.6 Å². The molecule has 0 radical (unpaired) electrons. The molecule has 0 aromatic carbocycles. The van der Waals surface area contributed by atoms with Gasteiger partial charge in [0.1, 0.15) is 18.1 Å². The summed E-state index contributed by atoms with van der Waals surface area (Å²) >= 11 is 0. The minimum Gasteiger partial charge on any atom is -0.480 e. The van der Waals surface area contributed by atoms with E-state index in [0.717, 1.165) is 0 Å². The van der Waals surface area contributed by atoms with Crippen LogP contribution in [0.5, 0.6) is 0 Å². The number of aliphatic carboxylic acids is 1. The highest BCUT2D eigenvalue weighted by molar-refractivity contribution is 5.94. The van der Waals surface area contributed by atoms with Crippen molar-refractivity contribution in [2.24, 2.45) is 27.9 Å². The van der Waals surface area contributed by atoms with Crippen molar-refractivity contribution < 1.29 is 29.1 Å². The lowest BCUT2D eigenvalue weighted by Gasteiger charge is -2.22. The van der Waals surface area contributed by atoms with Crippen LogP contribution in [0.1, 0.15) is 39.5 Å². The Morgan fingerprint density at radius 1 is 0.871 bits per heavy atom. The van der Waals surface area contributed by atoms with Crippen LogP contribution in [0.4, 0.5) is 0 Å². The Morgan fingerprint density at radius 3 is 1.97 bits per heavy atom. The van der Waals surface area contributed by atoms with Crippen molar-refractivity contribution in [2.75, 3.05) is 6.54 Å². The summed E-state index contributed by atoms with van der Waals surface area (Å²) in [5, 5.41) is 15.9. The molecule has 14 heteroatoms. The fraction of sp³-hybridized carbons (Fsp3) is 0.647. The summed E-state index contributed by atoms with van der Waals surface area (Å²) in [5.74, 6) is -4.18. The van der Waals surface area contributed by atoms with E-state index in [1.807, 2.05) is 0 Å². The molecule has 0 aliphatic rings. The maximum absolute atomic E-state index is 12.4. The van der Waals surface area contributed by atoms with Gasteiger partial charge in [-0.25, -0.2) is 0 Å². The van der Waals surface area contributed by atoms with Crippen LogP contribution in [0.3, 0.4) is 0 Å². The molecule has 0 aliphatic heterocycles. The summed E-state index contributed by atoms with van der Waals surface area (Å²) in [5.41, 5.74) is 21.2. The molecule has 14 nitrogen and oxygen atoms in total. The Bertz CT molecular complexity index is 694. The molecule has 0 heterocycles. The molecule has 0 aromatic heterocycles. The average molecular weight is 444 g/mol. The molecule has 4 amide bonds. The molecule has 31 heavy (non-hydrogen) atoms. The smallest absolute Gasteiger partial charge is 0.325 e. The third kappa shape index (κ3) is 12.0. The molecule has 0 aromatic rings. The van der Waals surface area contributed by atoms with Gasteiger partial charge in [-0.15, -0.1) is 0 Å². The van der Waals surface area contributed by atoms with Crippen molar-refractivity contribution in [2.45, 2.75) is 63.7 Å². The summed E-state index contributed by atoms with van der Waals surface area (Å²) in [4.78, 5) is 62.5. The van der Waals surface area contributed by atoms with Crippen molar-refractivity contribution in [1.29, 1.82) is 0 Å². The molecule has 0 spiro atoms. The lowest BCUT2D eigenvalue weighted by atomic mass is 10.1. The van der Waals surface area contributed by atoms with E-state index in [0.29, 0.717) is 13.0 Å². The summed E-state index contributed by atoms with van der Waals surface area (Å²) in [6.07, 6.45) is 0.351. The fourth-order valence-electron chi connectivity index (χ4n) is 2.26. The molecule has 176 valence electrons. The Hall–Kier alpha value is -3.42. The first-order valence-electron chi connectivity index (χ1n) is 9.58. The number of primary amides is 1. The molecule has 0 rings (SSSR count). The Balaban J connectivity index is 4.85. The number of carbonyl (C=O) groups is 5. The standard InChI is InChI=1S/C17H32N8O6/c1-8(23-14(28)10(18)4-3-7-22-17(20)21)13(27)25-11(5-6-12(19)26)15(29)24-9(2)16(30)31/h8-11H,3-7,18H2,1-2H3,(H2,19,26)(H,23,28)(H,24,29)(H,25,27)(H,30,31)(H4,20,21,22)/t8-,9-,10-,11-/m0/s1. The van der Waals surface area contributed by atoms with E-state index >= 15 is 0 Å². The highest BCUT2D eigenvalue weighted by Crippen LogP contribution is 2.01. The summed E-state index contributed by atoms with van der Waals surface area (Å²) in [6, 6.07) is -4.41. The number of nitrogens with zero attached hydrogens (tertiary/aromatic N) is 1. The van der Waals surface area contributed by atoms with Gasteiger partial charge in [-0.3, -0.25) is 29.0 Å². The van der Waals surface area contributed by atoms with Gasteiger partial charge in [-0.05, 0) is 33.1 Å². The van der Waals surface area contributed by atoms with Gasteiger partial charge in [-0.2, -0.15) is 0 Å². The van der Waals surface area contributed by atoms with Gasteiger partial charge >= 0.3 is 5.97 Å². The topological polar surface area (TPSA) is 258 Å². The molecule has 0 saturated carbocycles. The molecule has 0 saturated heterocycles. The van der Waals surface area contributed by atoms with E-state index in [9.17, 15) is 24.0 Å². The number of hydrogen-bond donors (Lipinski definition) is 8. The zero-order chi connectivity index (χ0) is 24.1. The quantitative estimate of drug-likeness (QED) is 0.0741. The molecule has 0 aliphatic carbocycles. The van der Waals surface area contributed by atoms with Crippen LogP contribution in [-0.4, -0.2) is 71.4 Å². The number of rotatable bonds is 14. The number of carbonyl (C=O) groups excluding carboxylic acids is 4. The van der Waals surface area contributed by atoms with Gasteiger partial charge < -0.3 is 44.0 Å². The summed E-state index contributed by atoms with van der Waals surface area (Å²) in [6.45, 7) is 2.91. The fourth-order valence-corrected chi connectivity index (χ4v) is 2.26. The maximum atomic E-state index is 12.4. The number of nitrogens with one attached hydrogen (secondary N) is 3. The minimum atomic E-state index is -1.28. The van der Waals surface area contributed by atoms with E-state index < -0.39 is 53.8 Å². The predicted molar refractivity (Wildman–Crippen MR) is 111 cm³/mol. The van der Waals surface area contributed by atoms with Gasteiger partial charge in [0, 0.05) is 13.0 Å². The van der Waals surface area contributed by atoms with Crippen molar-refractivity contribution in [3.05, 3.63) is 0 Å². The number of amides is 4. The molecule has 0 bridgehead atoms. The second-order valence-electron chi connectivity index (χ2n) is 6.92. The molecular formula is C17H32N8O6. The van der Waals surface area contributed by atoms with Crippen molar-refractivity contribution in [3.63, 3.8) is 0 Å². The summed E-state index contributed by atoms with van der Waals surface area (Å²) < 4.78 is 0. The molecular weight excluding hydrogens is 412 g/mol. The van der Waals surface area contributed by atoms with Crippen LogP contribution in [0.15, 0.2) is 4.99 Å². The number of carboxylic acids is 1. The Labute approximate surface area is 179 Å². The average Bonchev–Trinajstić information content (AvgIpc) is 2.67. The van der Waals surface area contributed by atoms with Crippen molar-refractivity contribution in [1.82, 2.24) is 16.0 Å².